The van der Waals surface area contributed by atoms with Crippen molar-refractivity contribution in [3.05, 3.63) is 28.3 Å². The fourth-order valence-corrected chi connectivity index (χ4v) is 4.35. The van der Waals surface area contributed by atoms with E-state index in [2.05, 4.69) is 24.0 Å². The van der Waals surface area contributed by atoms with Crippen LogP contribution in [-0.2, 0) is 17.6 Å². The molecule has 3 rings (SSSR count). The molecule has 2 aliphatic carbocycles. The van der Waals surface area contributed by atoms with Crippen LogP contribution in [0.4, 0.5) is 0 Å². The number of fused-ring (bicyclic) bond motifs is 1. The molecule has 0 spiro atoms. The second-order valence-electron chi connectivity index (χ2n) is 9.96. The second kappa shape index (κ2) is 7.88. The quantitative estimate of drug-likeness (QED) is 0.565. The topological polar surface area (TPSA) is 92.8 Å². The van der Waals surface area contributed by atoms with Gasteiger partial charge in [-0.25, -0.2) is 0 Å². The fourth-order valence-electron chi connectivity index (χ4n) is 4.35. The average molecular weight is 401 g/mol. The van der Waals surface area contributed by atoms with Gasteiger partial charge in [0.25, 0.3) is 0 Å². The first-order valence-corrected chi connectivity index (χ1v) is 10.5. The van der Waals surface area contributed by atoms with Gasteiger partial charge in [-0.15, -0.1) is 0 Å². The van der Waals surface area contributed by atoms with Crippen LogP contribution in [0.15, 0.2) is 20.8 Å². The fraction of sp³-hybridized carbons (Fsp3) is 0.652. The minimum absolute atomic E-state index is 0.0420. The summed E-state index contributed by atoms with van der Waals surface area (Å²) in [6, 6.07) is 0. The Bertz CT molecular complexity index is 887. The highest BCUT2D eigenvalue weighted by Crippen LogP contribution is 2.38. The first-order chi connectivity index (χ1) is 13.5. The van der Waals surface area contributed by atoms with E-state index in [0.717, 1.165) is 6.42 Å². The number of aliphatic hydroxyl groups excluding tert-OH is 1. The van der Waals surface area contributed by atoms with E-state index in [1.54, 1.807) is 0 Å². The third kappa shape index (κ3) is 4.68. The molecule has 1 heterocycles. The van der Waals surface area contributed by atoms with Gasteiger partial charge in [-0.2, -0.15) is 0 Å². The van der Waals surface area contributed by atoms with Crippen LogP contribution in [0.5, 0.6) is 0 Å². The summed E-state index contributed by atoms with van der Waals surface area (Å²) in [6.07, 6.45) is 3.68. The summed E-state index contributed by atoms with van der Waals surface area (Å²) in [6.45, 7) is 10.9. The number of nitrogens with zero attached hydrogens (tertiary/aromatic N) is 2. The molecule has 0 unspecified atom stereocenters. The van der Waals surface area contributed by atoms with Crippen molar-refractivity contribution in [3.8, 4) is 0 Å². The molecule has 6 nitrogen and oxygen atoms in total. The Morgan fingerprint density at radius 1 is 1.07 bits per heavy atom. The summed E-state index contributed by atoms with van der Waals surface area (Å²) in [5.74, 6) is 0.656. The Morgan fingerprint density at radius 3 is 2.41 bits per heavy atom. The smallest absolute Gasteiger partial charge is 0.168 e. The Balaban J connectivity index is 1.83. The Kier molecular flexibility index (Phi) is 5.84. The van der Waals surface area contributed by atoms with Crippen molar-refractivity contribution in [2.24, 2.45) is 15.8 Å². The molecule has 1 aromatic rings. The highest BCUT2D eigenvalue weighted by atomic mass is 16.5. The molecule has 158 valence electrons. The van der Waals surface area contributed by atoms with Crippen LogP contribution in [0.1, 0.15) is 88.5 Å². The van der Waals surface area contributed by atoms with E-state index < -0.39 is 0 Å². The highest BCUT2D eigenvalue weighted by molar-refractivity contribution is 6.24. The van der Waals surface area contributed by atoms with E-state index in [0.29, 0.717) is 67.0 Å². The minimum Gasteiger partial charge on any atom is -0.511 e. The largest absolute Gasteiger partial charge is 0.511 e. The summed E-state index contributed by atoms with van der Waals surface area (Å²) in [5, 5.41) is 14.9. The van der Waals surface area contributed by atoms with Crippen LogP contribution in [0, 0.1) is 10.8 Å². The maximum Gasteiger partial charge on any atom is 0.168 e. The molecule has 0 bridgehead atoms. The second-order valence-corrected chi connectivity index (χ2v) is 9.96. The number of carbonyl (C=O) groups is 2. The lowest BCUT2D eigenvalue weighted by molar-refractivity contribution is -0.117. The number of ketones is 2. The highest BCUT2D eigenvalue weighted by Gasteiger charge is 2.38. The molecule has 0 saturated heterocycles. The Morgan fingerprint density at radius 2 is 1.72 bits per heavy atom. The summed E-state index contributed by atoms with van der Waals surface area (Å²) in [5.41, 5.74) is 1.92. The average Bonchev–Trinajstić information content (AvgIpc) is 2.98. The van der Waals surface area contributed by atoms with Gasteiger partial charge in [-0.05, 0) is 23.7 Å². The van der Waals surface area contributed by atoms with Crippen LogP contribution in [0.2, 0.25) is 0 Å². The third-order valence-corrected chi connectivity index (χ3v) is 5.66. The standard InChI is InChI=1S/C23H32N2O4/c1-6-9-24-15-10-22(2,3)11-17(27)20(15)16(26)8-7-14-21-18(28)12-23(4,5)13-19(21)29-25-14/h26H,6-13H2,1-5H3/b20-16-,24-15?. The van der Waals surface area contributed by atoms with E-state index in [-0.39, 0.29) is 34.6 Å². The van der Waals surface area contributed by atoms with Gasteiger partial charge in [-0.3, -0.25) is 14.6 Å². The van der Waals surface area contributed by atoms with Crippen molar-refractivity contribution in [2.75, 3.05) is 6.54 Å². The number of aliphatic hydroxyl groups is 1. The molecule has 1 saturated carbocycles. The van der Waals surface area contributed by atoms with Gasteiger partial charge in [0.15, 0.2) is 11.6 Å². The maximum atomic E-state index is 12.8. The number of allylic oxidation sites excluding steroid dienone is 2. The molecular weight excluding hydrogens is 368 g/mol. The number of hydrogen-bond acceptors (Lipinski definition) is 6. The zero-order valence-electron chi connectivity index (χ0n) is 18.2. The number of rotatable bonds is 5. The molecule has 0 aromatic carbocycles. The van der Waals surface area contributed by atoms with Gasteiger partial charge in [0.05, 0.1) is 16.8 Å². The van der Waals surface area contributed by atoms with Crippen LogP contribution >= 0.6 is 0 Å². The molecule has 1 aromatic heterocycles. The number of Topliss-reactive ketones (excluding diaryl/α,β-unsaturated/α-hetero) is 2. The lowest BCUT2D eigenvalue weighted by Crippen LogP contribution is -2.33. The van der Waals surface area contributed by atoms with Gasteiger partial charge in [0.2, 0.25) is 0 Å². The van der Waals surface area contributed by atoms with Crippen LogP contribution in [-0.4, -0.2) is 34.1 Å². The SMILES string of the molecule is CCCN=C1CC(C)(C)CC(=O)/C1=C(\O)CCc1noc2c1C(=O)CC(C)(C)C2. The van der Waals surface area contributed by atoms with E-state index in [1.165, 1.54) is 0 Å². The number of aliphatic imine (C=N–C) groups is 1. The molecule has 29 heavy (non-hydrogen) atoms. The summed E-state index contributed by atoms with van der Waals surface area (Å²) in [4.78, 5) is 29.9. The molecule has 6 heteroatoms. The molecule has 0 aliphatic heterocycles. The molecular formula is C23H32N2O4. The zero-order valence-corrected chi connectivity index (χ0v) is 18.2. The van der Waals surface area contributed by atoms with Crippen molar-refractivity contribution >= 4 is 17.3 Å². The van der Waals surface area contributed by atoms with Crippen molar-refractivity contribution in [1.82, 2.24) is 5.16 Å². The maximum absolute atomic E-state index is 12.8. The molecule has 2 aliphatic rings. The summed E-state index contributed by atoms with van der Waals surface area (Å²) in [7, 11) is 0. The summed E-state index contributed by atoms with van der Waals surface area (Å²) >= 11 is 0. The van der Waals surface area contributed by atoms with Gasteiger partial charge in [0.1, 0.15) is 11.5 Å². The molecule has 0 atom stereocenters. The number of aryl methyl sites for hydroxylation is 1. The monoisotopic (exact) mass is 400 g/mol. The first-order valence-electron chi connectivity index (χ1n) is 10.5. The van der Waals surface area contributed by atoms with Crippen molar-refractivity contribution in [2.45, 2.75) is 79.6 Å². The van der Waals surface area contributed by atoms with Gasteiger partial charge < -0.3 is 9.63 Å². The molecule has 1 fully saturated rings. The van der Waals surface area contributed by atoms with Crippen LogP contribution in [0.25, 0.3) is 0 Å². The van der Waals surface area contributed by atoms with E-state index in [9.17, 15) is 14.7 Å². The van der Waals surface area contributed by atoms with Gasteiger partial charge >= 0.3 is 0 Å². The van der Waals surface area contributed by atoms with E-state index >= 15 is 0 Å². The zero-order chi connectivity index (χ0) is 21.4. The van der Waals surface area contributed by atoms with Crippen molar-refractivity contribution in [1.29, 1.82) is 0 Å². The van der Waals surface area contributed by atoms with Crippen molar-refractivity contribution in [3.63, 3.8) is 0 Å². The molecule has 1 N–H and O–H groups in total. The van der Waals surface area contributed by atoms with Gasteiger partial charge in [-0.1, -0.05) is 39.8 Å². The minimum atomic E-state index is -0.155. The van der Waals surface area contributed by atoms with E-state index in [1.807, 2.05) is 20.8 Å². The van der Waals surface area contributed by atoms with Gasteiger partial charge in [0, 0.05) is 44.4 Å². The number of hydrogen-bond donors (Lipinski definition) is 1. The van der Waals surface area contributed by atoms with Crippen LogP contribution in [0.3, 0.4) is 0 Å². The predicted molar refractivity (Wildman–Crippen MR) is 112 cm³/mol. The predicted octanol–water partition coefficient (Wildman–Crippen LogP) is 4.81. The molecule has 0 amide bonds. The lowest BCUT2D eigenvalue weighted by Gasteiger charge is -2.31. The molecule has 0 radical (unpaired) electrons. The Hall–Kier alpha value is -2.24. The Labute approximate surface area is 172 Å². The first kappa shape index (κ1) is 21.5. The van der Waals surface area contributed by atoms with E-state index in [4.69, 9.17) is 4.52 Å². The summed E-state index contributed by atoms with van der Waals surface area (Å²) < 4.78 is 5.43. The number of carbonyl (C=O) groups excluding carboxylic acids is 2. The third-order valence-electron chi connectivity index (χ3n) is 5.66. The van der Waals surface area contributed by atoms with Crippen LogP contribution < -0.4 is 0 Å². The number of aromatic nitrogens is 1. The normalized spacial score (nSPS) is 24.0. The van der Waals surface area contributed by atoms with Crippen molar-refractivity contribution < 1.29 is 19.2 Å². The lowest BCUT2D eigenvalue weighted by atomic mass is 9.73.